The predicted octanol–water partition coefficient (Wildman–Crippen LogP) is 7.19. The third kappa shape index (κ3) is 9.24. The van der Waals surface area contributed by atoms with Crippen molar-refractivity contribution in [1.82, 2.24) is 0 Å². The Morgan fingerprint density at radius 1 is 0.810 bits per heavy atom. The van der Waals surface area contributed by atoms with Crippen LogP contribution in [0.1, 0.15) is 72.6 Å². The minimum absolute atomic E-state index is 0.736. The van der Waals surface area contributed by atoms with Gasteiger partial charge in [-0.25, -0.2) is 0 Å². The molecule has 0 saturated heterocycles. The van der Waals surface area contributed by atoms with E-state index in [2.05, 4.69) is 58.0 Å². The van der Waals surface area contributed by atoms with Crippen molar-refractivity contribution >= 4 is 11.8 Å². The Hall–Kier alpha value is -0.430. The smallest absolute Gasteiger partial charge is 0.00746 e. The summed E-state index contributed by atoms with van der Waals surface area (Å²) in [6.45, 7) is 9.49. The summed E-state index contributed by atoms with van der Waals surface area (Å²) in [6.07, 6.45) is 9.72. The summed E-state index contributed by atoms with van der Waals surface area (Å²) in [5.41, 5.74) is 0. The minimum Gasteiger partial charge on any atom is -0.123 e. The average molecular weight is 307 g/mol. The third-order valence-electron chi connectivity index (χ3n) is 4.48. The van der Waals surface area contributed by atoms with Crippen LogP contribution in [0.3, 0.4) is 0 Å². The molecule has 0 aromatic heterocycles. The van der Waals surface area contributed by atoms with E-state index in [-0.39, 0.29) is 0 Å². The molecule has 0 aliphatic heterocycles. The molecular formula is C20H34S. The lowest BCUT2D eigenvalue weighted by Gasteiger charge is -2.15. The van der Waals surface area contributed by atoms with Crippen molar-refractivity contribution in [2.24, 2.45) is 11.8 Å². The van der Waals surface area contributed by atoms with E-state index in [1.54, 1.807) is 0 Å². The normalized spacial score (nSPS) is 15.6. The van der Waals surface area contributed by atoms with Gasteiger partial charge in [-0.05, 0) is 30.4 Å². The van der Waals surface area contributed by atoms with Crippen LogP contribution in [0.4, 0.5) is 0 Å². The van der Waals surface area contributed by atoms with Gasteiger partial charge in [0.15, 0.2) is 0 Å². The monoisotopic (exact) mass is 306 g/mol. The lowest BCUT2D eigenvalue weighted by atomic mass is 9.94. The fourth-order valence-corrected chi connectivity index (χ4v) is 3.77. The molecule has 0 bridgehead atoms. The maximum Gasteiger partial charge on any atom is 0.00746 e. The van der Waals surface area contributed by atoms with Crippen molar-refractivity contribution in [3.63, 3.8) is 0 Å². The van der Waals surface area contributed by atoms with E-state index in [9.17, 15) is 0 Å². The summed E-state index contributed by atoms with van der Waals surface area (Å²) in [4.78, 5) is 1.41. The predicted molar refractivity (Wildman–Crippen MR) is 98.1 cm³/mol. The topological polar surface area (TPSA) is 0 Å². The van der Waals surface area contributed by atoms with Crippen LogP contribution in [0.25, 0.3) is 0 Å². The zero-order valence-electron chi connectivity index (χ0n) is 14.5. The van der Waals surface area contributed by atoms with E-state index >= 15 is 0 Å². The zero-order valence-corrected chi connectivity index (χ0v) is 15.3. The molecule has 0 radical (unpaired) electrons. The molecule has 1 rings (SSSR count). The van der Waals surface area contributed by atoms with Crippen LogP contribution >= 0.6 is 11.8 Å². The van der Waals surface area contributed by atoms with Crippen LogP contribution in [0.15, 0.2) is 35.2 Å². The van der Waals surface area contributed by atoms with Gasteiger partial charge in [-0.1, -0.05) is 84.4 Å². The maximum absolute atomic E-state index is 2.44. The van der Waals surface area contributed by atoms with Crippen LogP contribution in [-0.2, 0) is 0 Å². The van der Waals surface area contributed by atoms with Gasteiger partial charge in [-0.15, -0.1) is 11.8 Å². The Morgan fingerprint density at radius 3 is 2.00 bits per heavy atom. The van der Waals surface area contributed by atoms with Crippen molar-refractivity contribution in [1.29, 1.82) is 0 Å². The Bertz CT molecular complexity index is 346. The van der Waals surface area contributed by atoms with Crippen molar-refractivity contribution in [2.75, 3.05) is 0 Å². The van der Waals surface area contributed by atoms with E-state index in [0.717, 1.165) is 17.1 Å². The maximum atomic E-state index is 2.44. The fraction of sp³-hybridized carbons (Fsp3) is 0.700. The van der Waals surface area contributed by atoms with Gasteiger partial charge >= 0.3 is 0 Å². The highest BCUT2D eigenvalue weighted by molar-refractivity contribution is 7.99. The number of thioether (sulfide) groups is 1. The first kappa shape index (κ1) is 18.6. The van der Waals surface area contributed by atoms with Crippen LogP contribution < -0.4 is 0 Å². The van der Waals surface area contributed by atoms with Gasteiger partial charge in [-0.2, -0.15) is 0 Å². The van der Waals surface area contributed by atoms with E-state index in [0.29, 0.717) is 0 Å². The van der Waals surface area contributed by atoms with Crippen molar-refractivity contribution in [3.8, 4) is 0 Å². The van der Waals surface area contributed by atoms with Gasteiger partial charge in [0.1, 0.15) is 0 Å². The molecule has 1 aromatic rings. The van der Waals surface area contributed by atoms with Crippen molar-refractivity contribution in [2.45, 2.75) is 82.8 Å². The Morgan fingerprint density at radius 2 is 1.38 bits per heavy atom. The second kappa shape index (κ2) is 11.2. The lowest BCUT2D eigenvalue weighted by Crippen LogP contribution is -2.01. The molecule has 120 valence electrons. The third-order valence-corrected chi connectivity index (χ3v) is 5.66. The molecule has 0 amide bonds. The van der Waals surface area contributed by atoms with Crippen LogP contribution in [-0.4, -0.2) is 5.25 Å². The van der Waals surface area contributed by atoms with Gasteiger partial charge in [0.2, 0.25) is 0 Å². The molecule has 0 aliphatic rings. The Labute approximate surface area is 137 Å². The van der Waals surface area contributed by atoms with Gasteiger partial charge in [0.05, 0.1) is 0 Å². The zero-order chi connectivity index (χ0) is 15.5. The fourth-order valence-electron chi connectivity index (χ4n) is 2.71. The summed E-state index contributed by atoms with van der Waals surface area (Å²) in [6, 6.07) is 10.8. The quantitative estimate of drug-likeness (QED) is 0.390. The van der Waals surface area contributed by atoms with Crippen molar-refractivity contribution in [3.05, 3.63) is 30.3 Å². The molecule has 21 heavy (non-hydrogen) atoms. The van der Waals surface area contributed by atoms with Crippen LogP contribution in [0.5, 0.6) is 0 Å². The SMILES string of the molecule is CCC(C)CCCC(C)CCCC(C)Sc1ccccc1. The lowest BCUT2D eigenvalue weighted by molar-refractivity contribution is 0.408. The summed E-state index contributed by atoms with van der Waals surface area (Å²) < 4.78 is 0. The molecule has 1 aromatic carbocycles. The number of hydrogen-bond donors (Lipinski definition) is 0. The van der Waals surface area contributed by atoms with Crippen LogP contribution in [0.2, 0.25) is 0 Å². The van der Waals surface area contributed by atoms with Crippen LogP contribution in [0, 0.1) is 11.8 Å². The summed E-state index contributed by atoms with van der Waals surface area (Å²) in [7, 11) is 0. The molecule has 3 atom stereocenters. The van der Waals surface area contributed by atoms with E-state index in [1.807, 2.05) is 11.8 Å². The summed E-state index contributed by atoms with van der Waals surface area (Å²) in [5.74, 6) is 1.82. The molecule has 0 spiro atoms. The summed E-state index contributed by atoms with van der Waals surface area (Å²) in [5, 5.41) is 0.736. The molecule has 0 fully saturated rings. The highest BCUT2D eigenvalue weighted by atomic mass is 32.2. The highest BCUT2D eigenvalue weighted by Crippen LogP contribution is 2.27. The first-order chi connectivity index (χ1) is 10.1. The average Bonchev–Trinajstić information content (AvgIpc) is 2.48. The largest absolute Gasteiger partial charge is 0.123 e. The van der Waals surface area contributed by atoms with Gasteiger partial charge in [-0.3, -0.25) is 0 Å². The minimum atomic E-state index is 0.736. The first-order valence-corrected chi connectivity index (χ1v) is 9.71. The first-order valence-electron chi connectivity index (χ1n) is 8.83. The second-order valence-corrected chi connectivity index (χ2v) is 8.23. The van der Waals surface area contributed by atoms with Gasteiger partial charge < -0.3 is 0 Å². The van der Waals surface area contributed by atoms with E-state index in [4.69, 9.17) is 0 Å². The number of rotatable bonds is 11. The molecule has 0 saturated carbocycles. The highest BCUT2D eigenvalue weighted by Gasteiger charge is 2.07. The molecule has 0 nitrogen and oxygen atoms in total. The Kier molecular flexibility index (Phi) is 9.91. The number of hydrogen-bond acceptors (Lipinski definition) is 1. The second-order valence-electron chi connectivity index (χ2n) is 6.72. The van der Waals surface area contributed by atoms with E-state index < -0.39 is 0 Å². The molecule has 0 heterocycles. The molecule has 3 unspecified atom stereocenters. The Balaban J connectivity index is 2.07. The van der Waals surface area contributed by atoms with E-state index in [1.165, 1.54) is 49.8 Å². The molecule has 0 aliphatic carbocycles. The summed E-state index contributed by atoms with van der Waals surface area (Å²) >= 11 is 2.02. The van der Waals surface area contributed by atoms with Crippen molar-refractivity contribution < 1.29 is 0 Å². The molecule has 1 heteroatoms. The molecular weight excluding hydrogens is 272 g/mol. The standard InChI is InChI=1S/C20H34S/c1-5-17(2)11-9-12-18(3)13-10-14-19(4)21-20-15-7-6-8-16-20/h6-8,15-19H,5,9-14H2,1-4H3. The number of benzene rings is 1. The van der Waals surface area contributed by atoms with Gasteiger partial charge in [0.25, 0.3) is 0 Å². The molecule has 0 N–H and O–H groups in total. The van der Waals surface area contributed by atoms with Gasteiger partial charge in [0, 0.05) is 10.1 Å².